The third-order valence-corrected chi connectivity index (χ3v) is 4.72. The second kappa shape index (κ2) is 4.50. The van der Waals surface area contributed by atoms with Gasteiger partial charge in [0.1, 0.15) is 0 Å². The van der Waals surface area contributed by atoms with Crippen LogP contribution >= 0.6 is 0 Å². The largest absolute Gasteiger partial charge is 0.312 e. The number of hydrogen-bond acceptors (Lipinski definition) is 1. The number of benzene rings is 2. The molecule has 1 heteroatoms. The molecule has 0 amide bonds. The van der Waals surface area contributed by atoms with E-state index in [1.165, 1.54) is 17.5 Å². The van der Waals surface area contributed by atoms with Crippen molar-refractivity contribution < 1.29 is 0 Å². The molecule has 1 aliphatic carbocycles. The molecule has 0 saturated heterocycles. The molecular formula is C18H19N. The lowest BCUT2D eigenvalue weighted by molar-refractivity contribution is 0.492. The van der Waals surface area contributed by atoms with Gasteiger partial charge in [0.25, 0.3) is 0 Å². The van der Waals surface area contributed by atoms with Crippen LogP contribution < -0.4 is 5.32 Å². The van der Waals surface area contributed by atoms with Crippen LogP contribution in [0.1, 0.15) is 34.9 Å². The fourth-order valence-electron chi connectivity index (χ4n) is 3.65. The van der Waals surface area contributed by atoms with E-state index in [-0.39, 0.29) is 0 Å². The van der Waals surface area contributed by atoms with Crippen molar-refractivity contribution in [3.8, 4) is 0 Å². The Labute approximate surface area is 114 Å². The molecule has 1 fully saturated rings. The van der Waals surface area contributed by atoms with E-state index in [9.17, 15) is 0 Å². The second-order valence-electron chi connectivity index (χ2n) is 5.85. The predicted octanol–water partition coefficient (Wildman–Crippen LogP) is 3.68. The Morgan fingerprint density at radius 2 is 1.63 bits per heavy atom. The third-order valence-electron chi connectivity index (χ3n) is 4.72. The van der Waals surface area contributed by atoms with Crippen LogP contribution in [0.15, 0.2) is 54.6 Å². The van der Waals surface area contributed by atoms with E-state index >= 15 is 0 Å². The minimum Gasteiger partial charge on any atom is -0.312 e. The predicted molar refractivity (Wildman–Crippen MR) is 78.2 cm³/mol. The van der Waals surface area contributed by atoms with E-state index < -0.39 is 0 Å². The maximum absolute atomic E-state index is 3.58. The Balaban J connectivity index is 1.60. The molecule has 1 nitrogen and oxygen atoms in total. The van der Waals surface area contributed by atoms with Gasteiger partial charge in [-0.1, -0.05) is 54.6 Å². The summed E-state index contributed by atoms with van der Waals surface area (Å²) in [5, 5.41) is 3.58. The van der Waals surface area contributed by atoms with Crippen LogP contribution in [0.4, 0.5) is 0 Å². The van der Waals surface area contributed by atoms with E-state index in [2.05, 4.69) is 59.9 Å². The fourth-order valence-corrected chi connectivity index (χ4v) is 3.65. The minimum absolute atomic E-state index is 0.704. The van der Waals surface area contributed by atoms with E-state index in [0.717, 1.165) is 24.9 Å². The summed E-state index contributed by atoms with van der Waals surface area (Å²) in [6, 6.07) is 20.0. The molecule has 0 spiro atoms. The smallest absolute Gasteiger partial charge is 0.0208 e. The van der Waals surface area contributed by atoms with Gasteiger partial charge in [0, 0.05) is 19.0 Å². The van der Waals surface area contributed by atoms with Crippen molar-refractivity contribution in [3.05, 3.63) is 71.3 Å². The molecule has 1 N–H and O–H groups in total. The number of fused-ring (bicyclic) bond motifs is 1. The lowest BCUT2D eigenvalue weighted by Gasteiger charge is -2.26. The lowest BCUT2D eigenvalue weighted by atomic mass is 9.86. The van der Waals surface area contributed by atoms with Crippen LogP contribution in [-0.4, -0.2) is 6.54 Å². The fraction of sp³-hybridized carbons (Fsp3) is 0.333. The highest BCUT2D eigenvalue weighted by molar-refractivity contribution is 5.37. The van der Waals surface area contributed by atoms with E-state index in [4.69, 9.17) is 0 Å². The second-order valence-corrected chi connectivity index (χ2v) is 5.85. The maximum Gasteiger partial charge on any atom is 0.0208 e. The van der Waals surface area contributed by atoms with Gasteiger partial charge in [-0.05, 0) is 34.9 Å². The SMILES string of the molecule is c1ccc(C2CC2C2CNCc3ccccc32)cc1. The van der Waals surface area contributed by atoms with E-state index in [1.807, 2.05) is 0 Å². The Morgan fingerprint density at radius 1 is 0.842 bits per heavy atom. The van der Waals surface area contributed by atoms with Crippen LogP contribution in [0.5, 0.6) is 0 Å². The summed E-state index contributed by atoms with van der Waals surface area (Å²) in [5.74, 6) is 2.31. The zero-order chi connectivity index (χ0) is 12.7. The highest BCUT2D eigenvalue weighted by Crippen LogP contribution is 2.55. The zero-order valence-electron chi connectivity index (χ0n) is 11.0. The molecule has 0 bridgehead atoms. The van der Waals surface area contributed by atoms with Gasteiger partial charge in [-0.2, -0.15) is 0 Å². The molecule has 2 aliphatic rings. The van der Waals surface area contributed by atoms with Gasteiger partial charge < -0.3 is 5.32 Å². The number of hydrogen-bond donors (Lipinski definition) is 1. The molecular weight excluding hydrogens is 230 g/mol. The van der Waals surface area contributed by atoms with Crippen molar-refractivity contribution in [1.29, 1.82) is 0 Å². The first-order valence-corrected chi connectivity index (χ1v) is 7.27. The summed E-state index contributed by atoms with van der Waals surface area (Å²) >= 11 is 0. The van der Waals surface area contributed by atoms with Gasteiger partial charge in [-0.25, -0.2) is 0 Å². The van der Waals surface area contributed by atoms with E-state index in [1.54, 1.807) is 5.56 Å². The topological polar surface area (TPSA) is 12.0 Å². The zero-order valence-corrected chi connectivity index (χ0v) is 11.0. The van der Waals surface area contributed by atoms with Gasteiger partial charge in [-0.15, -0.1) is 0 Å². The van der Waals surface area contributed by atoms with Gasteiger partial charge in [0.2, 0.25) is 0 Å². The molecule has 1 saturated carbocycles. The molecule has 96 valence electrons. The van der Waals surface area contributed by atoms with Crippen LogP contribution in [0.25, 0.3) is 0 Å². The highest BCUT2D eigenvalue weighted by Gasteiger charge is 2.45. The summed E-state index contributed by atoms with van der Waals surface area (Å²) < 4.78 is 0. The number of nitrogens with one attached hydrogen (secondary N) is 1. The average molecular weight is 249 g/mol. The Morgan fingerprint density at radius 3 is 2.53 bits per heavy atom. The van der Waals surface area contributed by atoms with Crippen molar-refractivity contribution in [2.75, 3.05) is 6.54 Å². The maximum atomic E-state index is 3.58. The third kappa shape index (κ3) is 1.98. The van der Waals surface area contributed by atoms with Gasteiger partial charge >= 0.3 is 0 Å². The molecule has 2 aromatic rings. The molecule has 4 rings (SSSR count). The van der Waals surface area contributed by atoms with Crippen LogP contribution in [0, 0.1) is 5.92 Å². The molecule has 1 aliphatic heterocycles. The quantitative estimate of drug-likeness (QED) is 0.856. The number of rotatable bonds is 2. The first-order valence-electron chi connectivity index (χ1n) is 7.27. The van der Waals surface area contributed by atoms with Crippen molar-refractivity contribution in [2.24, 2.45) is 5.92 Å². The summed E-state index contributed by atoms with van der Waals surface area (Å²) in [6.45, 7) is 2.18. The van der Waals surface area contributed by atoms with Gasteiger partial charge in [0.05, 0.1) is 0 Å². The van der Waals surface area contributed by atoms with Crippen LogP contribution in [0.3, 0.4) is 0 Å². The Kier molecular flexibility index (Phi) is 2.66. The first-order chi connectivity index (χ1) is 9.43. The lowest BCUT2D eigenvalue weighted by Crippen LogP contribution is -2.29. The normalized spacial score (nSPS) is 28.7. The molecule has 19 heavy (non-hydrogen) atoms. The summed E-state index contributed by atoms with van der Waals surface area (Å²) in [7, 11) is 0. The first kappa shape index (κ1) is 11.2. The summed E-state index contributed by atoms with van der Waals surface area (Å²) in [4.78, 5) is 0. The van der Waals surface area contributed by atoms with E-state index in [0.29, 0.717) is 5.92 Å². The minimum atomic E-state index is 0.704. The molecule has 3 atom stereocenters. The molecule has 1 heterocycles. The molecule has 0 radical (unpaired) electrons. The Bertz CT molecular complexity index is 575. The van der Waals surface area contributed by atoms with Gasteiger partial charge in [0.15, 0.2) is 0 Å². The molecule has 3 unspecified atom stereocenters. The summed E-state index contributed by atoms with van der Waals surface area (Å²) in [5.41, 5.74) is 4.61. The highest BCUT2D eigenvalue weighted by atomic mass is 14.9. The van der Waals surface area contributed by atoms with Crippen molar-refractivity contribution >= 4 is 0 Å². The Hall–Kier alpha value is -1.60. The summed E-state index contributed by atoms with van der Waals surface area (Å²) in [6.07, 6.45) is 1.35. The molecule has 2 aromatic carbocycles. The standard InChI is InChI=1S/C18H19N/c1-2-6-13(7-3-1)16-10-17(16)18-12-19-11-14-8-4-5-9-15(14)18/h1-9,16-19H,10-12H2. The van der Waals surface area contributed by atoms with Crippen LogP contribution in [0.2, 0.25) is 0 Å². The monoisotopic (exact) mass is 249 g/mol. The van der Waals surface area contributed by atoms with Crippen LogP contribution in [-0.2, 0) is 6.54 Å². The van der Waals surface area contributed by atoms with Gasteiger partial charge in [-0.3, -0.25) is 0 Å². The van der Waals surface area contributed by atoms with Crippen molar-refractivity contribution in [1.82, 2.24) is 5.32 Å². The molecule has 0 aromatic heterocycles. The average Bonchev–Trinajstić information content (AvgIpc) is 3.28. The van der Waals surface area contributed by atoms with Crippen molar-refractivity contribution in [2.45, 2.75) is 24.8 Å². The van der Waals surface area contributed by atoms with Crippen molar-refractivity contribution in [3.63, 3.8) is 0 Å².